The predicted molar refractivity (Wildman–Crippen MR) is 128 cm³/mol. The van der Waals surface area contributed by atoms with Crippen molar-refractivity contribution in [2.45, 2.75) is 71.4 Å². The van der Waals surface area contributed by atoms with E-state index in [0.717, 1.165) is 17.5 Å². The number of hydrogen-bond acceptors (Lipinski definition) is 4. The summed E-state index contributed by atoms with van der Waals surface area (Å²) in [5, 5.41) is 3.06. The molecule has 2 aromatic carbocycles. The van der Waals surface area contributed by atoms with Crippen LogP contribution in [-0.4, -0.2) is 32.5 Å². The molecule has 0 spiro atoms. The molecule has 7 heteroatoms. The molecule has 1 aliphatic heterocycles. The van der Waals surface area contributed by atoms with E-state index in [-0.39, 0.29) is 22.8 Å². The summed E-state index contributed by atoms with van der Waals surface area (Å²) in [4.78, 5) is 13.4. The second-order valence-electron chi connectivity index (χ2n) is 10.5. The van der Waals surface area contributed by atoms with E-state index in [2.05, 4.69) is 26.1 Å². The predicted octanol–water partition coefficient (Wildman–Crippen LogP) is 4.59. The number of aryl methyl sites for hydroxylation is 2. The van der Waals surface area contributed by atoms with Gasteiger partial charge >= 0.3 is 0 Å². The second-order valence-corrected chi connectivity index (χ2v) is 12.4. The first-order valence-electron chi connectivity index (χ1n) is 10.9. The summed E-state index contributed by atoms with van der Waals surface area (Å²) in [6, 6.07) is 12.1. The third-order valence-corrected chi connectivity index (χ3v) is 7.11. The monoisotopic (exact) mass is 458 g/mol. The standard InChI is InChI=1S/C25H34N2O4S/c1-17-8-11-19(12-9-17)32(29,30)27-15-22(31-21-14-18(2)10-13-20(21)27)23(28)26-25(6,7)16-24(3,4)5/h8-14,22H,15-16H2,1-7H3,(H,26,28)/t22-/m1/s1. The molecule has 6 nitrogen and oxygen atoms in total. The molecule has 174 valence electrons. The highest BCUT2D eigenvalue weighted by molar-refractivity contribution is 7.92. The Morgan fingerprint density at radius 1 is 1.03 bits per heavy atom. The first-order valence-corrected chi connectivity index (χ1v) is 12.3. The lowest BCUT2D eigenvalue weighted by Gasteiger charge is -2.38. The van der Waals surface area contributed by atoms with Gasteiger partial charge in [-0.1, -0.05) is 44.5 Å². The number of hydrogen-bond donors (Lipinski definition) is 1. The lowest BCUT2D eigenvalue weighted by atomic mass is 9.81. The number of anilines is 1. The van der Waals surface area contributed by atoms with Crippen LogP contribution in [0.3, 0.4) is 0 Å². The Labute approximate surface area is 192 Å². The van der Waals surface area contributed by atoms with Gasteiger partial charge in [0.1, 0.15) is 5.75 Å². The molecule has 0 bridgehead atoms. The maximum absolute atomic E-state index is 13.5. The molecular formula is C25H34N2O4S. The quantitative estimate of drug-likeness (QED) is 0.711. The average Bonchev–Trinajstić information content (AvgIpc) is 2.64. The highest BCUT2D eigenvalue weighted by atomic mass is 32.2. The van der Waals surface area contributed by atoms with Crippen molar-refractivity contribution < 1.29 is 17.9 Å². The van der Waals surface area contributed by atoms with Gasteiger partial charge in [-0.05, 0) is 69.4 Å². The molecule has 3 rings (SSSR count). The average molecular weight is 459 g/mol. The molecule has 2 aromatic rings. The Hall–Kier alpha value is -2.54. The van der Waals surface area contributed by atoms with Crippen LogP contribution < -0.4 is 14.4 Å². The molecule has 1 amide bonds. The number of nitrogens with zero attached hydrogens (tertiary/aromatic N) is 1. The molecule has 1 atom stereocenters. The van der Waals surface area contributed by atoms with E-state index in [1.54, 1.807) is 36.4 Å². The Bertz CT molecular complexity index is 1100. The molecule has 0 radical (unpaired) electrons. The van der Waals surface area contributed by atoms with Gasteiger partial charge in [0.15, 0.2) is 6.10 Å². The number of amides is 1. The molecule has 1 N–H and O–H groups in total. The molecule has 0 aliphatic carbocycles. The van der Waals surface area contributed by atoms with Crippen molar-refractivity contribution in [2.75, 3.05) is 10.8 Å². The zero-order chi connectivity index (χ0) is 23.9. The Morgan fingerprint density at radius 3 is 2.22 bits per heavy atom. The number of benzene rings is 2. The largest absolute Gasteiger partial charge is 0.476 e. The smallest absolute Gasteiger partial charge is 0.264 e. The lowest BCUT2D eigenvalue weighted by Crippen LogP contribution is -2.55. The molecule has 0 fully saturated rings. The Morgan fingerprint density at radius 2 is 1.62 bits per heavy atom. The van der Waals surface area contributed by atoms with Crippen LogP contribution in [0.15, 0.2) is 47.4 Å². The fourth-order valence-electron chi connectivity index (χ4n) is 4.35. The number of nitrogens with one attached hydrogen (secondary N) is 1. The van der Waals surface area contributed by atoms with E-state index in [1.165, 1.54) is 4.31 Å². The van der Waals surface area contributed by atoms with Crippen molar-refractivity contribution in [2.24, 2.45) is 5.41 Å². The lowest BCUT2D eigenvalue weighted by molar-refractivity contribution is -0.129. The summed E-state index contributed by atoms with van der Waals surface area (Å²) < 4.78 is 34.4. The maximum atomic E-state index is 13.5. The Kier molecular flexibility index (Phi) is 6.35. The first-order chi connectivity index (χ1) is 14.7. The van der Waals surface area contributed by atoms with E-state index >= 15 is 0 Å². The summed E-state index contributed by atoms with van der Waals surface area (Å²) >= 11 is 0. The summed E-state index contributed by atoms with van der Waals surface area (Å²) in [5.41, 5.74) is 1.89. The SMILES string of the molecule is Cc1ccc(S(=O)(=O)N2C[C@H](C(=O)NC(C)(C)CC(C)(C)C)Oc3cc(C)ccc32)cc1. The summed E-state index contributed by atoms with van der Waals surface area (Å²) in [5.74, 6) is 0.0660. The highest BCUT2D eigenvalue weighted by Gasteiger charge is 2.39. The van der Waals surface area contributed by atoms with Gasteiger partial charge in [-0.2, -0.15) is 0 Å². The van der Waals surface area contributed by atoms with Crippen molar-refractivity contribution in [3.8, 4) is 5.75 Å². The van der Waals surface area contributed by atoms with Gasteiger partial charge in [0.2, 0.25) is 0 Å². The molecule has 0 aromatic heterocycles. The fraction of sp³-hybridized carbons (Fsp3) is 0.480. The molecule has 0 saturated carbocycles. The highest BCUT2D eigenvalue weighted by Crippen LogP contribution is 2.38. The van der Waals surface area contributed by atoms with Gasteiger partial charge in [-0.15, -0.1) is 0 Å². The van der Waals surface area contributed by atoms with E-state index < -0.39 is 21.7 Å². The minimum atomic E-state index is -3.87. The Balaban J connectivity index is 1.95. The van der Waals surface area contributed by atoms with Gasteiger partial charge in [0.25, 0.3) is 15.9 Å². The number of sulfonamides is 1. The molecule has 1 heterocycles. The minimum Gasteiger partial charge on any atom is -0.476 e. The van der Waals surface area contributed by atoms with Crippen molar-refractivity contribution in [1.82, 2.24) is 5.32 Å². The summed E-state index contributed by atoms with van der Waals surface area (Å²) in [7, 11) is -3.87. The van der Waals surface area contributed by atoms with E-state index in [0.29, 0.717) is 11.4 Å². The molecule has 0 unspecified atom stereocenters. The third-order valence-electron chi connectivity index (χ3n) is 5.32. The normalized spacial score (nSPS) is 16.8. The molecule has 0 saturated heterocycles. The van der Waals surface area contributed by atoms with Crippen LogP contribution in [0.2, 0.25) is 0 Å². The third kappa shape index (κ3) is 5.44. The fourth-order valence-corrected chi connectivity index (χ4v) is 5.82. The van der Waals surface area contributed by atoms with Gasteiger partial charge in [0.05, 0.1) is 17.1 Å². The van der Waals surface area contributed by atoms with E-state index in [9.17, 15) is 13.2 Å². The van der Waals surface area contributed by atoms with Crippen LogP contribution in [0, 0.1) is 19.3 Å². The maximum Gasteiger partial charge on any atom is 0.264 e. The van der Waals surface area contributed by atoms with E-state index in [1.807, 2.05) is 33.8 Å². The zero-order valence-corrected chi connectivity index (χ0v) is 20.8. The number of carbonyl (C=O) groups excluding carboxylic acids is 1. The molecule has 1 aliphatic rings. The number of rotatable bonds is 5. The summed E-state index contributed by atoms with van der Waals surface area (Å²) in [6.45, 7) is 14.0. The van der Waals surface area contributed by atoms with Gasteiger partial charge < -0.3 is 10.1 Å². The molecular weight excluding hydrogens is 424 g/mol. The van der Waals surface area contributed by atoms with Crippen LogP contribution in [-0.2, 0) is 14.8 Å². The van der Waals surface area contributed by atoms with E-state index in [4.69, 9.17) is 4.74 Å². The minimum absolute atomic E-state index is 0.0225. The van der Waals surface area contributed by atoms with Gasteiger partial charge in [-0.3, -0.25) is 9.10 Å². The zero-order valence-electron chi connectivity index (χ0n) is 20.0. The van der Waals surface area contributed by atoms with Crippen LogP contribution >= 0.6 is 0 Å². The van der Waals surface area contributed by atoms with Crippen molar-refractivity contribution in [1.29, 1.82) is 0 Å². The van der Waals surface area contributed by atoms with Crippen LogP contribution in [0.25, 0.3) is 0 Å². The van der Waals surface area contributed by atoms with Crippen molar-refractivity contribution in [3.63, 3.8) is 0 Å². The topological polar surface area (TPSA) is 75.7 Å². The van der Waals surface area contributed by atoms with Crippen molar-refractivity contribution in [3.05, 3.63) is 53.6 Å². The van der Waals surface area contributed by atoms with Gasteiger partial charge in [-0.25, -0.2) is 8.42 Å². The number of ether oxygens (including phenoxy) is 1. The van der Waals surface area contributed by atoms with Crippen LogP contribution in [0.5, 0.6) is 5.75 Å². The van der Waals surface area contributed by atoms with Crippen LogP contribution in [0.1, 0.15) is 52.2 Å². The molecule has 32 heavy (non-hydrogen) atoms. The number of fused-ring (bicyclic) bond motifs is 1. The number of carbonyl (C=O) groups is 1. The second kappa shape index (κ2) is 8.43. The van der Waals surface area contributed by atoms with Crippen molar-refractivity contribution >= 4 is 21.6 Å². The first kappa shape index (κ1) is 24.1. The van der Waals surface area contributed by atoms with Crippen LogP contribution in [0.4, 0.5) is 5.69 Å². The summed E-state index contributed by atoms with van der Waals surface area (Å²) in [6.07, 6.45) is -0.191. The van der Waals surface area contributed by atoms with Gasteiger partial charge in [0, 0.05) is 5.54 Å².